The molecule has 0 saturated carbocycles. The molecule has 0 heterocycles. The van der Waals surface area contributed by atoms with Gasteiger partial charge in [-0.25, -0.2) is 4.39 Å². The van der Waals surface area contributed by atoms with Gasteiger partial charge >= 0.3 is 0 Å². The number of methoxy groups -OCH3 is 1. The fourth-order valence-corrected chi connectivity index (χ4v) is 1.52. The predicted molar refractivity (Wildman–Crippen MR) is 62.4 cm³/mol. The lowest BCUT2D eigenvalue weighted by atomic mass is 10.1. The van der Waals surface area contributed by atoms with Crippen molar-refractivity contribution in [2.75, 3.05) is 19.0 Å². The molecule has 0 radical (unpaired) electrons. The summed E-state index contributed by atoms with van der Waals surface area (Å²) in [4.78, 5) is 0. The van der Waals surface area contributed by atoms with Crippen LogP contribution in [0.15, 0.2) is 18.2 Å². The summed E-state index contributed by atoms with van der Waals surface area (Å²) in [6, 6.07) is 4.71. The van der Waals surface area contributed by atoms with E-state index in [9.17, 15) is 4.39 Å². The van der Waals surface area contributed by atoms with Gasteiger partial charge in [0.1, 0.15) is 11.6 Å². The Labute approximate surface area is 95.2 Å². The summed E-state index contributed by atoms with van der Waals surface area (Å²) in [6.45, 7) is 2.17. The molecule has 0 saturated heterocycles. The van der Waals surface area contributed by atoms with Gasteiger partial charge < -0.3 is 15.2 Å². The normalized spacial score (nSPS) is 12.2. The fourth-order valence-electron chi connectivity index (χ4n) is 1.52. The zero-order valence-electron chi connectivity index (χ0n) is 9.66. The average molecular weight is 227 g/mol. The van der Waals surface area contributed by atoms with Crippen molar-refractivity contribution in [3.63, 3.8) is 0 Å². The van der Waals surface area contributed by atoms with Gasteiger partial charge in [0.15, 0.2) is 0 Å². The minimum atomic E-state index is -0.323. The molecule has 1 rings (SSSR count). The Kier molecular flexibility index (Phi) is 5.05. The summed E-state index contributed by atoms with van der Waals surface area (Å²) in [5, 5.41) is 11.9. The molecule has 3 nitrogen and oxygen atoms in total. The van der Waals surface area contributed by atoms with E-state index in [0.717, 1.165) is 12.8 Å². The van der Waals surface area contributed by atoms with Crippen molar-refractivity contribution in [2.45, 2.75) is 25.8 Å². The molecule has 0 aliphatic heterocycles. The van der Waals surface area contributed by atoms with Crippen LogP contribution in [0.1, 0.15) is 19.8 Å². The van der Waals surface area contributed by atoms with Crippen LogP contribution >= 0.6 is 0 Å². The Hall–Kier alpha value is -1.29. The molecule has 1 unspecified atom stereocenters. The van der Waals surface area contributed by atoms with Crippen molar-refractivity contribution in [1.29, 1.82) is 0 Å². The molecule has 1 atom stereocenters. The first-order chi connectivity index (χ1) is 7.65. The highest BCUT2D eigenvalue weighted by atomic mass is 19.1. The van der Waals surface area contributed by atoms with E-state index in [1.165, 1.54) is 19.2 Å². The Morgan fingerprint density at radius 3 is 2.81 bits per heavy atom. The third kappa shape index (κ3) is 4.06. The molecule has 16 heavy (non-hydrogen) atoms. The first-order valence-electron chi connectivity index (χ1n) is 5.37. The zero-order chi connectivity index (χ0) is 12.0. The van der Waals surface area contributed by atoms with Crippen molar-refractivity contribution in [3.8, 4) is 5.75 Å². The summed E-state index contributed by atoms with van der Waals surface area (Å²) >= 11 is 0. The molecule has 0 aliphatic rings. The number of hydrogen-bond donors (Lipinski definition) is 2. The molecular weight excluding hydrogens is 209 g/mol. The van der Waals surface area contributed by atoms with Gasteiger partial charge in [0.05, 0.1) is 7.11 Å². The highest BCUT2D eigenvalue weighted by molar-refractivity contribution is 5.49. The maximum atomic E-state index is 13.2. The number of halogens is 1. The summed E-state index contributed by atoms with van der Waals surface area (Å²) in [5.74, 6) is 0.174. The minimum absolute atomic E-state index is 0.179. The fraction of sp³-hybridized carbons (Fsp3) is 0.500. The van der Waals surface area contributed by atoms with Crippen LogP contribution < -0.4 is 10.1 Å². The second-order valence-electron chi connectivity index (χ2n) is 3.79. The van der Waals surface area contributed by atoms with E-state index in [4.69, 9.17) is 9.84 Å². The highest BCUT2D eigenvalue weighted by Gasteiger charge is 2.04. The number of benzene rings is 1. The van der Waals surface area contributed by atoms with Crippen LogP contribution in [0.3, 0.4) is 0 Å². The van der Waals surface area contributed by atoms with Crippen LogP contribution in [0.25, 0.3) is 0 Å². The van der Waals surface area contributed by atoms with Crippen LogP contribution in [0.4, 0.5) is 10.1 Å². The summed E-state index contributed by atoms with van der Waals surface area (Å²) < 4.78 is 18.1. The second-order valence-corrected chi connectivity index (χ2v) is 3.79. The standard InChI is InChI=1S/C12H18FNO2/c1-9(4-3-5-15)14-11-6-10(13)7-12(8-11)16-2/h6-9,14-15H,3-5H2,1-2H3. The number of aliphatic hydroxyl groups is 1. The molecule has 1 aromatic carbocycles. The molecule has 0 bridgehead atoms. The van der Waals surface area contributed by atoms with Crippen molar-refractivity contribution in [3.05, 3.63) is 24.0 Å². The molecule has 0 aliphatic carbocycles. The Morgan fingerprint density at radius 2 is 2.19 bits per heavy atom. The highest BCUT2D eigenvalue weighted by Crippen LogP contribution is 2.20. The van der Waals surface area contributed by atoms with E-state index < -0.39 is 0 Å². The van der Waals surface area contributed by atoms with E-state index in [2.05, 4.69) is 5.32 Å². The largest absolute Gasteiger partial charge is 0.497 e. The zero-order valence-corrected chi connectivity index (χ0v) is 9.66. The smallest absolute Gasteiger partial charge is 0.128 e. The van der Waals surface area contributed by atoms with Crippen molar-refractivity contribution in [2.24, 2.45) is 0 Å². The third-order valence-corrected chi connectivity index (χ3v) is 2.32. The molecule has 2 N–H and O–H groups in total. The van der Waals surface area contributed by atoms with Crippen molar-refractivity contribution >= 4 is 5.69 Å². The molecule has 4 heteroatoms. The lowest BCUT2D eigenvalue weighted by Crippen LogP contribution is -2.15. The van der Waals surface area contributed by atoms with Crippen LogP contribution in [0, 0.1) is 5.82 Å². The number of anilines is 1. The van der Waals surface area contributed by atoms with E-state index in [1.807, 2.05) is 6.92 Å². The molecule has 0 fully saturated rings. The molecule has 0 aromatic heterocycles. The van der Waals surface area contributed by atoms with Gasteiger partial charge in [-0.05, 0) is 25.8 Å². The van der Waals surface area contributed by atoms with Crippen molar-refractivity contribution in [1.82, 2.24) is 0 Å². The summed E-state index contributed by atoms with van der Waals surface area (Å²) in [7, 11) is 1.51. The van der Waals surface area contributed by atoms with Crippen LogP contribution in [-0.2, 0) is 0 Å². The van der Waals surface area contributed by atoms with Crippen LogP contribution in [0.2, 0.25) is 0 Å². The van der Waals surface area contributed by atoms with Gasteiger partial charge in [-0.2, -0.15) is 0 Å². The number of ether oxygens (including phenoxy) is 1. The van der Waals surface area contributed by atoms with E-state index >= 15 is 0 Å². The Balaban J connectivity index is 2.61. The monoisotopic (exact) mass is 227 g/mol. The number of hydrogen-bond acceptors (Lipinski definition) is 3. The topological polar surface area (TPSA) is 41.5 Å². The Bertz CT molecular complexity index is 331. The maximum absolute atomic E-state index is 13.2. The van der Waals surface area contributed by atoms with Crippen LogP contribution in [0.5, 0.6) is 5.75 Å². The van der Waals surface area contributed by atoms with Gasteiger partial charge in [-0.1, -0.05) is 0 Å². The van der Waals surface area contributed by atoms with Gasteiger partial charge in [0.2, 0.25) is 0 Å². The summed E-state index contributed by atoms with van der Waals surface area (Å²) in [5.41, 5.74) is 0.697. The third-order valence-electron chi connectivity index (χ3n) is 2.32. The average Bonchev–Trinajstić information content (AvgIpc) is 2.25. The summed E-state index contributed by atoms with van der Waals surface area (Å²) in [6.07, 6.45) is 1.58. The number of rotatable bonds is 6. The Morgan fingerprint density at radius 1 is 1.44 bits per heavy atom. The first kappa shape index (κ1) is 12.8. The van der Waals surface area contributed by atoms with E-state index in [1.54, 1.807) is 6.07 Å². The van der Waals surface area contributed by atoms with E-state index in [0.29, 0.717) is 11.4 Å². The first-order valence-corrected chi connectivity index (χ1v) is 5.37. The molecule has 0 amide bonds. The quantitative estimate of drug-likeness (QED) is 0.784. The molecule has 0 spiro atoms. The SMILES string of the molecule is COc1cc(F)cc(NC(C)CCCO)c1. The van der Waals surface area contributed by atoms with Gasteiger partial charge in [-0.3, -0.25) is 0 Å². The molecule has 1 aromatic rings. The number of aliphatic hydroxyl groups excluding tert-OH is 1. The van der Waals surface area contributed by atoms with Gasteiger partial charge in [0.25, 0.3) is 0 Å². The second kappa shape index (κ2) is 6.33. The molecular formula is C12H18FNO2. The minimum Gasteiger partial charge on any atom is -0.497 e. The number of nitrogens with one attached hydrogen (secondary N) is 1. The predicted octanol–water partition coefficient (Wildman–Crippen LogP) is 2.41. The van der Waals surface area contributed by atoms with E-state index in [-0.39, 0.29) is 18.5 Å². The maximum Gasteiger partial charge on any atom is 0.128 e. The van der Waals surface area contributed by atoms with Gasteiger partial charge in [0, 0.05) is 30.5 Å². The van der Waals surface area contributed by atoms with Crippen molar-refractivity contribution < 1.29 is 14.2 Å². The lowest BCUT2D eigenvalue weighted by molar-refractivity contribution is 0.282. The molecule has 90 valence electrons. The van der Waals surface area contributed by atoms with Crippen LogP contribution in [-0.4, -0.2) is 24.9 Å². The lowest BCUT2D eigenvalue weighted by Gasteiger charge is -2.15. The van der Waals surface area contributed by atoms with Gasteiger partial charge in [-0.15, -0.1) is 0 Å².